The predicted octanol–water partition coefficient (Wildman–Crippen LogP) is 7.56. The van der Waals surface area contributed by atoms with Crippen LogP contribution < -0.4 is 0 Å². The number of ether oxygens (including phenoxy) is 2. The predicted molar refractivity (Wildman–Crippen MR) is 146 cm³/mol. The second kappa shape index (κ2) is 10.3. The number of rotatable bonds is 8. The Hall–Kier alpha value is -3.98. The summed E-state index contributed by atoms with van der Waals surface area (Å²) < 4.78 is 12.8. The van der Waals surface area contributed by atoms with Crippen molar-refractivity contribution in [3.05, 3.63) is 179 Å². The highest BCUT2D eigenvalue weighted by Crippen LogP contribution is 2.43. The van der Waals surface area contributed by atoms with Gasteiger partial charge in [0.25, 0.3) is 0 Å². The van der Waals surface area contributed by atoms with Gasteiger partial charge in [-0.25, -0.2) is 0 Å². The Kier molecular flexibility index (Phi) is 6.81. The van der Waals surface area contributed by atoms with Crippen molar-refractivity contribution in [3.63, 3.8) is 0 Å². The first kappa shape index (κ1) is 23.7. The lowest BCUT2D eigenvalue weighted by atomic mass is 9.77. The van der Waals surface area contributed by atoms with Gasteiger partial charge in [0.15, 0.2) is 0 Å². The SMILES string of the molecule is COC(c1ccccc1)(c1ccccc1)c1ccc(C(OC)(c2ccccc2)c2ccccc2)cc1. The van der Waals surface area contributed by atoms with Gasteiger partial charge in [-0.05, 0) is 33.4 Å². The Morgan fingerprint density at radius 1 is 0.306 bits per heavy atom. The van der Waals surface area contributed by atoms with E-state index in [0.717, 1.165) is 33.4 Å². The summed E-state index contributed by atoms with van der Waals surface area (Å²) in [5.41, 5.74) is 4.94. The fourth-order valence-electron chi connectivity index (χ4n) is 5.34. The second-order valence-corrected chi connectivity index (χ2v) is 8.81. The van der Waals surface area contributed by atoms with Crippen molar-refractivity contribution < 1.29 is 9.47 Å². The lowest BCUT2D eigenvalue weighted by molar-refractivity contribution is 0.0555. The molecule has 36 heavy (non-hydrogen) atoms. The molecule has 0 aliphatic rings. The summed E-state index contributed by atoms with van der Waals surface area (Å²) in [4.78, 5) is 0. The molecule has 0 aliphatic heterocycles. The van der Waals surface area contributed by atoms with Crippen LogP contribution in [0, 0.1) is 0 Å². The van der Waals surface area contributed by atoms with Gasteiger partial charge in [0.1, 0.15) is 11.2 Å². The van der Waals surface area contributed by atoms with Gasteiger partial charge in [-0.15, -0.1) is 0 Å². The molecule has 0 spiro atoms. The van der Waals surface area contributed by atoms with E-state index in [1.54, 1.807) is 14.2 Å². The largest absolute Gasteiger partial charge is 0.364 e. The summed E-state index contributed by atoms with van der Waals surface area (Å²) in [7, 11) is 3.56. The number of hydrogen-bond donors (Lipinski definition) is 0. The Bertz CT molecular complexity index is 1170. The highest BCUT2D eigenvalue weighted by molar-refractivity contribution is 5.52. The number of benzene rings is 5. The molecule has 2 heteroatoms. The van der Waals surface area contributed by atoms with E-state index in [4.69, 9.17) is 9.47 Å². The molecule has 0 saturated heterocycles. The molecular weight excluding hydrogens is 440 g/mol. The summed E-state index contributed by atoms with van der Waals surface area (Å²) in [6.07, 6.45) is 0. The molecule has 5 aromatic rings. The third-order valence-electron chi connectivity index (χ3n) is 7.03. The summed E-state index contributed by atoms with van der Waals surface area (Å²) in [5.74, 6) is 0. The fraction of sp³-hybridized carbons (Fsp3) is 0.118. The van der Waals surface area contributed by atoms with Crippen molar-refractivity contribution in [3.8, 4) is 0 Å². The monoisotopic (exact) mass is 470 g/mol. The maximum atomic E-state index is 6.39. The maximum Gasteiger partial charge on any atom is 0.143 e. The van der Waals surface area contributed by atoms with E-state index in [0.29, 0.717) is 0 Å². The zero-order valence-corrected chi connectivity index (χ0v) is 20.7. The lowest BCUT2D eigenvalue weighted by Crippen LogP contribution is -2.33. The van der Waals surface area contributed by atoms with E-state index in [9.17, 15) is 0 Å². The molecule has 0 saturated carbocycles. The molecule has 0 amide bonds. The van der Waals surface area contributed by atoms with Gasteiger partial charge in [0, 0.05) is 14.2 Å². The van der Waals surface area contributed by atoms with E-state index in [1.165, 1.54) is 0 Å². The molecular formula is C34H30O2. The highest BCUT2D eigenvalue weighted by Gasteiger charge is 2.39. The fourth-order valence-corrected chi connectivity index (χ4v) is 5.34. The van der Waals surface area contributed by atoms with Crippen LogP contribution in [0.2, 0.25) is 0 Å². The minimum Gasteiger partial charge on any atom is -0.364 e. The molecule has 5 aromatic carbocycles. The van der Waals surface area contributed by atoms with Crippen molar-refractivity contribution in [1.29, 1.82) is 0 Å². The summed E-state index contributed by atoms with van der Waals surface area (Å²) >= 11 is 0. The van der Waals surface area contributed by atoms with E-state index in [1.807, 2.05) is 24.3 Å². The zero-order chi connectivity index (χ0) is 24.8. The number of methoxy groups -OCH3 is 2. The lowest BCUT2D eigenvalue weighted by Gasteiger charge is -2.37. The summed E-state index contributed by atoms with van der Waals surface area (Å²) in [6.45, 7) is 0. The van der Waals surface area contributed by atoms with Crippen LogP contribution in [-0.4, -0.2) is 14.2 Å². The summed E-state index contributed by atoms with van der Waals surface area (Å²) in [5, 5.41) is 0. The summed E-state index contributed by atoms with van der Waals surface area (Å²) in [6, 6.07) is 50.2. The van der Waals surface area contributed by atoms with Crippen LogP contribution in [0.25, 0.3) is 0 Å². The van der Waals surface area contributed by atoms with Crippen molar-refractivity contribution in [2.75, 3.05) is 14.2 Å². The minimum absolute atomic E-state index is 0.740. The van der Waals surface area contributed by atoms with E-state index >= 15 is 0 Å². The van der Waals surface area contributed by atoms with Crippen molar-refractivity contribution in [2.45, 2.75) is 11.2 Å². The van der Waals surface area contributed by atoms with Gasteiger partial charge >= 0.3 is 0 Å². The van der Waals surface area contributed by atoms with Crippen LogP contribution in [0.15, 0.2) is 146 Å². The second-order valence-electron chi connectivity index (χ2n) is 8.81. The van der Waals surface area contributed by atoms with Crippen LogP contribution in [0.4, 0.5) is 0 Å². The molecule has 0 aromatic heterocycles. The first-order valence-electron chi connectivity index (χ1n) is 12.2. The average Bonchev–Trinajstić information content (AvgIpc) is 2.97. The van der Waals surface area contributed by atoms with Crippen molar-refractivity contribution in [1.82, 2.24) is 0 Å². The van der Waals surface area contributed by atoms with Crippen molar-refractivity contribution in [2.24, 2.45) is 0 Å². The van der Waals surface area contributed by atoms with Gasteiger partial charge in [0.05, 0.1) is 0 Å². The molecule has 0 aliphatic carbocycles. The topological polar surface area (TPSA) is 18.5 Å². The molecule has 0 radical (unpaired) electrons. The molecule has 5 rings (SSSR count). The molecule has 0 atom stereocenters. The zero-order valence-electron chi connectivity index (χ0n) is 20.7. The molecule has 0 N–H and O–H groups in total. The number of hydrogen-bond acceptors (Lipinski definition) is 2. The molecule has 0 unspecified atom stereocenters. The smallest absolute Gasteiger partial charge is 0.143 e. The van der Waals surface area contributed by atoms with Gasteiger partial charge in [-0.3, -0.25) is 0 Å². The van der Waals surface area contributed by atoms with Crippen LogP contribution in [0.5, 0.6) is 0 Å². The minimum atomic E-state index is -0.740. The maximum absolute atomic E-state index is 6.39. The van der Waals surface area contributed by atoms with Gasteiger partial charge in [-0.2, -0.15) is 0 Å². The molecule has 178 valence electrons. The molecule has 2 nitrogen and oxygen atoms in total. The Morgan fingerprint density at radius 3 is 0.694 bits per heavy atom. The third kappa shape index (κ3) is 3.95. The van der Waals surface area contributed by atoms with E-state index in [2.05, 4.69) is 121 Å². The standard InChI is InChI=1S/C34H30O2/c1-35-33(27-15-7-3-8-16-27,28-17-9-4-10-18-28)31-23-25-32(26-24-31)34(36-2,29-19-11-5-12-20-29)30-21-13-6-14-22-30/h3-26H,1-2H3. The van der Waals surface area contributed by atoms with Gasteiger partial charge in [0.2, 0.25) is 0 Å². The Balaban J connectivity index is 1.70. The molecule has 0 bridgehead atoms. The van der Waals surface area contributed by atoms with Gasteiger partial charge < -0.3 is 9.47 Å². The first-order valence-corrected chi connectivity index (χ1v) is 12.2. The molecule has 0 heterocycles. The van der Waals surface area contributed by atoms with Gasteiger partial charge in [-0.1, -0.05) is 146 Å². The van der Waals surface area contributed by atoms with E-state index in [-0.39, 0.29) is 0 Å². The highest BCUT2D eigenvalue weighted by atomic mass is 16.5. The normalized spacial score (nSPS) is 11.8. The third-order valence-corrected chi connectivity index (χ3v) is 7.03. The van der Waals surface area contributed by atoms with E-state index < -0.39 is 11.2 Å². The van der Waals surface area contributed by atoms with Crippen molar-refractivity contribution >= 4 is 0 Å². The van der Waals surface area contributed by atoms with Crippen LogP contribution in [0.1, 0.15) is 33.4 Å². The first-order chi connectivity index (χ1) is 17.8. The Labute approximate surface area is 213 Å². The Morgan fingerprint density at radius 2 is 0.500 bits per heavy atom. The van der Waals surface area contributed by atoms with Crippen LogP contribution in [-0.2, 0) is 20.7 Å². The molecule has 0 fully saturated rings. The van der Waals surface area contributed by atoms with Crippen LogP contribution in [0.3, 0.4) is 0 Å². The van der Waals surface area contributed by atoms with Crippen LogP contribution >= 0.6 is 0 Å². The quantitative estimate of drug-likeness (QED) is 0.218. The average molecular weight is 471 g/mol.